The lowest BCUT2D eigenvalue weighted by Crippen LogP contribution is -1.99. The predicted molar refractivity (Wildman–Crippen MR) is 101 cm³/mol. The molecule has 0 aliphatic rings. The first-order valence-electron chi connectivity index (χ1n) is 8.28. The van der Waals surface area contributed by atoms with Crippen LogP contribution in [0, 0.1) is 6.92 Å². The highest BCUT2D eigenvalue weighted by atomic mass is 16.4. The SMILES string of the molecule is Cc1ccccc1-c1ccc(-c2cc(C(=O)O)c3nn(C)nc3c2)cc1. The molecule has 0 radical (unpaired) electrons. The summed E-state index contributed by atoms with van der Waals surface area (Å²) in [5, 5.41) is 17.9. The molecule has 0 aliphatic carbocycles. The van der Waals surface area contributed by atoms with Gasteiger partial charge in [0, 0.05) is 7.05 Å². The minimum atomic E-state index is -1.01. The third kappa shape index (κ3) is 2.73. The van der Waals surface area contributed by atoms with Crippen LogP contribution >= 0.6 is 0 Å². The molecule has 1 heterocycles. The molecule has 0 aliphatic heterocycles. The van der Waals surface area contributed by atoms with Crippen LogP contribution in [0.5, 0.6) is 0 Å². The second-order valence-corrected chi connectivity index (χ2v) is 6.28. The fraction of sp³-hybridized carbons (Fsp3) is 0.0952. The van der Waals surface area contributed by atoms with Crippen molar-refractivity contribution in [2.45, 2.75) is 6.92 Å². The van der Waals surface area contributed by atoms with Crippen molar-refractivity contribution in [1.82, 2.24) is 15.0 Å². The third-order valence-electron chi connectivity index (χ3n) is 4.49. The molecule has 4 rings (SSSR count). The lowest BCUT2D eigenvalue weighted by atomic mass is 9.96. The molecule has 5 heteroatoms. The molecule has 0 atom stereocenters. The number of carbonyl (C=O) groups is 1. The Labute approximate surface area is 150 Å². The summed E-state index contributed by atoms with van der Waals surface area (Å²) < 4.78 is 0. The van der Waals surface area contributed by atoms with E-state index in [2.05, 4.69) is 41.4 Å². The summed E-state index contributed by atoms with van der Waals surface area (Å²) >= 11 is 0. The number of hydrogen-bond acceptors (Lipinski definition) is 3. The van der Waals surface area contributed by atoms with E-state index >= 15 is 0 Å². The topological polar surface area (TPSA) is 68.0 Å². The minimum absolute atomic E-state index is 0.161. The number of nitrogens with zero attached hydrogens (tertiary/aromatic N) is 3. The molecule has 0 saturated carbocycles. The first kappa shape index (κ1) is 16.0. The number of rotatable bonds is 3. The van der Waals surface area contributed by atoms with Crippen LogP contribution < -0.4 is 0 Å². The second kappa shape index (κ2) is 6.11. The molecule has 0 unspecified atom stereocenters. The standard InChI is InChI=1S/C21H17N3O2/c1-13-5-3-4-6-17(13)15-9-7-14(8-10-15)16-11-18(21(25)26)20-19(12-16)22-24(2)23-20/h3-12H,1-2H3,(H,25,26). The molecule has 0 spiro atoms. The van der Waals surface area contributed by atoms with Crippen LogP contribution in [-0.2, 0) is 7.05 Å². The molecule has 3 aromatic carbocycles. The van der Waals surface area contributed by atoms with Crippen LogP contribution in [0.3, 0.4) is 0 Å². The Bertz CT molecular complexity index is 1130. The summed E-state index contributed by atoms with van der Waals surface area (Å²) in [4.78, 5) is 13.0. The van der Waals surface area contributed by atoms with E-state index in [4.69, 9.17) is 0 Å². The highest BCUT2D eigenvalue weighted by Crippen LogP contribution is 2.29. The molecular formula is C21H17N3O2. The Morgan fingerprint density at radius 1 is 0.923 bits per heavy atom. The number of hydrogen-bond donors (Lipinski definition) is 1. The maximum Gasteiger partial charge on any atom is 0.338 e. The van der Waals surface area contributed by atoms with Gasteiger partial charge in [-0.1, -0.05) is 48.5 Å². The van der Waals surface area contributed by atoms with Gasteiger partial charge in [-0.2, -0.15) is 15.0 Å². The number of aromatic nitrogens is 3. The molecule has 0 saturated heterocycles. The molecule has 1 aromatic heterocycles. The van der Waals surface area contributed by atoms with Crippen molar-refractivity contribution >= 4 is 17.0 Å². The van der Waals surface area contributed by atoms with E-state index in [-0.39, 0.29) is 5.56 Å². The smallest absolute Gasteiger partial charge is 0.338 e. The van der Waals surface area contributed by atoms with Crippen molar-refractivity contribution < 1.29 is 9.90 Å². The molecular weight excluding hydrogens is 326 g/mol. The Kier molecular flexibility index (Phi) is 3.77. The van der Waals surface area contributed by atoms with Crippen LogP contribution in [-0.4, -0.2) is 26.1 Å². The molecule has 4 aromatic rings. The van der Waals surface area contributed by atoms with Crippen LogP contribution in [0.4, 0.5) is 0 Å². The Morgan fingerprint density at radius 3 is 2.31 bits per heavy atom. The van der Waals surface area contributed by atoms with Crippen molar-refractivity contribution in [3.8, 4) is 22.3 Å². The molecule has 5 nitrogen and oxygen atoms in total. The first-order valence-corrected chi connectivity index (χ1v) is 8.28. The van der Waals surface area contributed by atoms with Gasteiger partial charge in [-0.25, -0.2) is 4.79 Å². The summed E-state index contributed by atoms with van der Waals surface area (Å²) in [5.41, 5.74) is 6.43. The van der Waals surface area contributed by atoms with Gasteiger partial charge in [-0.05, 0) is 46.9 Å². The summed E-state index contributed by atoms with van der Waals surface area (Å²) in [7, 11) is 1.68. The summed E-state index contributed by atoms with van der Waals surface area (Å²) in [5.74, 6) is -1.01. The van der Waals surface area contributed by atoms with Crippen molar-refractivity contribution in [3.63, 3.8) is 0 Å². The molecule has 0 bridgehead atoms. The van der Waals surface area contributed by atoms with Gasteiger partial charge in [0.25, 0.3) is 0 Å². The van der Waals surface area contributed by atoms with E-state index in [1.165, 1.54) is 15.9 Å². The third-order valence-corrected chi connectivity index (χ3v) is 4.49. The average molecular weight is 343 g/mol. The summed E-state index contributed by atoms with van der Waals surface area (Å²) in [6.07, 6.45) is 0. The van der Waals surface area contributed by atoms with Gasteiger partial charge in [0.2, 0.25) is 0 Å². The van der Waals surface area contributed by atoms with E-state index < -0.39 is 5.97 Å². The van der Waals surface area contributed by atoms with Crippen molar-refractivity contribution in [2.24, 2.45) is 7.05 Å². The zero-order valence-corrected chi connectivity index (χ0v) is 14.5. The summed E-state index contributed by atoms with van der Waals surface area (Å²) in [6, 6.07) is 19.9. The lowest BCUT2D eigenvalue weighted by Gasteiger charge is -2.08. The zero-order valence-electron chi connectivity index (χ0n) is 14.5. The van der Waals surface area contributed by atoms with Gasteiger partial charge < -0.3 is 5.11 Å². The lowest BCUT2D eigenvalue weighted by molar-refractivity contribution is 0.0699. The van der Waals surface area contributed by atoms with Crippen LogP contribution in [0.15, 0.2) is 60.7 Å². The quantitative estimate of drug-likeness (QED) is 0.602. The van der Waals surface area contributed by atoms with E-state index in [1.54, 1.807) is 13.1 Å². The predicted octanol–water partition coefficient (Wildman–Crippen LogP) is 4.31. The van der Waals surface area contributed by atoms with Crippen molar-refractivity contribution in [1.29, 1.82) is 0 Å². The van der Waals surface area contributed by atoms with Crippen molar-refractivity contribution in [2.75, 3.05) is 0 Å². The van der Waals surface area contributed by atoms with Gasteiger partial charge >= 0.3 is 5.97 Å². The van der Waals surface area contributed by atoms with E-state index in [0.29, 0.717) is 11.0 Å². The Morgan fingerprint density at radius 2 is 1.62 bits per heavy atom. The van der Waals surface area contributed by atoms with E-state index in [1.807, 2.05) is 30.3 Å². The van der Waals surface area contributed by atoms with Gasteiger partial charge in [0.15, 0.2) is 0 Å². The molecule has 1 N–H and O–H groups in total. The van der Waals surface area contributed by atoms with E-state index in [0.717, 1.165) is 16.7 Å². The maximum atomic E-state index is 11.6. The summed E-state index contributed by atoms with van der Waals surface area (Å²) in [6.45, 7) is 2.09. The van der Waals surface area contributed by atoms with Crippen LogP contribution in [0.25, 0.3) is 33.3 Å². The fourth-order valence-electron chi connectivity index (χ4n) is 3.19. The number of aryl methyl sites for hydroxylation is 2. The monoisotopic (exact) mass is 343 g/mol. The Hall–Kier alpha value is -3.47. The number of carboxylic acid groups (broad SMARTS) is 1. The molecule has 0 fully saturated rings. The molecule has 128 valence electrons. The Balaban J connectivity index is 1.81. The van der Waals surface area contributed by atoms with Gasteiger partial charge in [0.1, 0.15) is 11.0 Å². The highest BCUT2D eigenvalue weighted by molar-refractivity contribution is 6.02. The molecule has 0 amide bonds. The largest absolute Gasteiger partial charge is 0.478 e. The normalized spacial score (nSPS) is 11.0. The first-order chi connectivity index (χ1) is 12.5. The number of fused-ring (bicyclic) bond motifs is 1. The second-order valence-electron chi connectivity index (χ2n) is 6.28. The zero-order chi connectivity index (χ0) is 18.3. The van der Waals surface area contributed by atoms with Gasteiger partial charge in [-0.15, -0.1) is 0 Å². The van der Waals surface area contributed by atoms with Gasteiger partial charge in [-0.3, -0.25) is 0 Å². The average Bonchev–Trinajstić information content (AvgIpc) is 3.01. The van der Waals surface area contributed by atoms with Crippen molar-refractivity contribution in [3.05, 3.63) is 71.8 Å². The minimum Gasteiger partial charge on any atom is -0.478 e. The number of aromatic carboxylic acids is 1. The van der Waals surface area contributed by atoms with Gasteiger partial charge in [0.05, 0.1) is 5.56 Å². The van der Waals surface area contributed by atoms with Crippen LogP contribution in [0.2, 0.25) is 0 Å². The highest BCUT2D eigenvalue weighted by Gasteiger charge is 2.15. The fourth-order valence-corrected chi connectivity index (χ4v) is 3.19. The molecule has 26 heavy (non-hydrogen) atoms. The maximum absolute atomic E-state index is 11.6. The number of carboxylic acids is 1. The van der Waals surface area contributed by atoms with E-state index in [9.17, 15) is 9.90 Å². The number of benzene rings is 3. The van der Waals surface area contributed by atoms with Crippen LogP contribution in [0.1, 0.15) is 15.9 Å².